The Balaban J connectivity index is 0.00000420. The van der Waals surface area contributed by atoms with Crippen molar-refractivity contribution in [1.82, 2.24) is 20.1 Å². The fourth-order valence-electron chi connectivity index (χ4n) is 2.84. The molecule has 0 bridgehead atoms. The van der Waals surface area contributed by atoms with E-state index in [1.54, 1.807) is 17.8 Å². The Morgan fingerprint density at radius 2 is 2.00 bits per heavy atom. The molecule has 6 nitrogen and oxygen atoms in total. The van der Waals surface area contributed by atoms with Gasteiger partial charge in [0.2, 0.25) is 0 Å². The summed E-state index contributed by atoms with van der Waals surface area (Å²) in [6, 6.07) is 5.36. The highest BCUT2D eigenvalue weighted by Crippen LogP contribution is 2.26. The van der Waals surface area contributed by atoms with Gasteiger partial charge in [-0.2, -0.15) is 0 Å². The van der Waals surface area contributed by atoms with Gasteiger partial charge in [0.1, 0.15) is 5.82 Å². The molecule has 10 heteroatoms. The number of aliphatic imine (C=N–C) groups is 1. The summed E-state index contributed by atoms with van der Waals surface area (Å²) in [6.45, 7) is 7.90. The van der Waals surface area contributed by atoms with Gasteiger partial charge >= 0.3 is 0 Å². The fraction of sp³-hybridized carbons (Fsp3) is 0.526. The first kappa shape index (κ1) is 26.3. The summed E-state index contributed by atoms with van der Waals surface area (Å²) in [5.74, 6) is 1.94. The number of guanidine groups is 1. The molecule has 2 aromatic rings. The molecule has 3 N–H and O–H groups in total. The van der Waals surface area contributed by atoms with Crippen molar-refractivity contribution in [3.8, 4) is 0 Å². The number of nitrogens with two attached hydrogens (primary N) is 1. The zero-order valence-electron chi connectivity index (χ0n) is 17.2. The summed E-state index contributed by atoms with van der Waals surface area (Å²) >= 11 is 13.8. The quantitative estimate of drug-likeness (QED) is 0.143. The van der Waals surface area contributed by atoms with Crippen molar-refractivity contribution in [2.24, 2.45) is 16.6 Å². The number of hydrogen-bond acceptors (Lipinski definition) is 4. The van der Waals surface area contributed by atoms with Gasteiger partial charge in [-0.05, 0) is 43.2 Å². The minimum Gasteiger partial charge on any atom is -0.370 e. The van der Waals surface area contributed by atoms with Gasteiger partial charge in [-0.15, -0.1) is 34.2 Å². The monoisotopic (exact) mass is 570 g/mol. The summed E-state index contributed by atoms with van der Waals surface area (Å²) in [4.78, 5) is 4.42. The van der Waals surface area contributed by atoms with E-state index in [0.717, 1.165) is 35.9 Å². The van der Waals surface area contributed by atoms with Crippen molar-refractivity contribution in [3.05, 3.63) is 39.6 Å². The second kappa shape index (κ2) is 12.9. The standard InChI is InChI=1S/C19H28Cl2N6S.HI/c1-12(2)11-27-17(25-26-19(27)28-4)6-5-9-23-18(22)24-13(3)15-8-7-14(20)10-16(15)21;/h7-8,10,12-13H,5-6,9,11H2,1-4H3,(H3,22,23,24);1H. The van der Waals surface area contributed by atoms with E-state index in [1.165, 1.54) is 0 Å². The maximum absolute atomic E-state index is 6.25. The molecular formula is C19H29Cl2IN6S. The van der Waals surface area contributed by atoms with Crippen molar-refractivity contribution in [1.29, 1.82) is 0 Å². The number of aryl methyl sites for hydroxylation is 1. The Morgan fingerprint density at radius 3 is 2.62 bits per heavy atom. The summed E-state index contributed by atoms with van der Waals surface area (Å²) in [5, 5.41) is 13.9. The third kappa shape index (κ3) is 8.15. The lowest BCUT2D eigenvalue weighted by Gasteiger charge is -2.16. The number of hydrogen-bond donors (Lipinski definition) is 2. The lowest BCUT2D eigenvalue weighted by molar-refractivity contribution is 0.477. The summed E-state index contributed by atoms with van der Waals surface area (Å²) in [5.41, 5.74) is 6.95. The van der Waals surface area contributed by atoms with Crippen LogP contribution in [0.3, 0.4) is 0 Å². The molecule has 0 saturated carbocycles. The van der Waals surface area contributed by atoms with E-state index < -0.39 is 0 Å². The molecule has 1 aromatic carbocycles. The minimum atomic E-state index is -0.0632. The predicted octanol–water partition coefficient (Wildman–Crippen LogP) is 5.18. The van der Waals surface area contributed by atoms with Crippen molar-refractivity contribution in [2.45, 2.75) is 51.4 Å². The fourth-order valence-corrected chi connectivity index (χ4v) is 3.93. The van der Waals surface area contributed by atoms with E-state index in [2.05, 4.69) is 38.9 Å². The molecular weight excluding hydrogens is 542 g/mol. The first-order chi connectivity index (χ1) is 13.3. The SMILES string of the molecule is CSc1nnc(CCCN=C(N)NC(C)c2ccc(Cl)cc2Cl)n1CC(C)C.I. The molecule has 29 heavy (non-hydrogen) atoms. The van der Waals surface area contributed by atoms with Crippen LogP contribution in [0.4, 0.5) is 0 Å². The topological polar surface area (TPSA) is 81.1 Å². The number of halogens is 3. The van der Waals surface area contributed by atoms with Crippen molar-refractivity contribution < 1.29 is 0 Å². The minimum absolute atomic E-state index is 0. The van der Waals surface area contributed by atoms with Crippen molar-refractivity contribution >= 4 is 64.9 Å². The third-order valence-corrected chi connectivity index (χ3v) is 5.39. The van der Waals surface area contributed by atoms with Crippen LogP contribution in [0, 0.1) is 5.92 Å². The summed E-state index contributed by atoms with van der Waals surface area (Å²) in [7, 11) is 0. The second-order valence-electron chi connectivity index (χ2n) is 7.01. The van der Waals surface area contributed by atoms with Crippen LogP contribution >= 0.6 is 58.9 Å². The van der Waals surface area contributed by atoms with Gasteiger partial charge in [-0.25, -0.2) is 0 Å². The molecule has 1 aromatic heterocycles. The van der Waals surface area contributed by atoms with E-state index in [9.17, 15) is 0 Å². The van der Waals surface area contributed by atoms with Crippen molar-refractivity contribution in [3.63, 3.8) is 0 Å². The Hall–Kier alpha value is -0.710. The molecule has 1 unspecified atom stereocenters. The van der Waals surface area contributed by atoms with Gasteiger partial charge < -0.3 is 15.6 Å². The molecule has 1 atom stereocenters. The molecule has 0 spiro atoms. The van der Waals surface area contributed by atoms with Crippen LogP contribution < -0.4 is 11.1 Å². The van der Waals surface area contributed by atoms with E-state index >= 15 is 0 Å². The lowest BCUT2D eigenvalue weighted by atomic mass is 10.1. The molecule has 2 rings (SSSR count). The zero-order chi connectivity index (χ0) is 20.7. The Kier molecular flexibility index (Phi) is 11.7. The molecule has 0 amide bonds. The largest absolute Gasteiger partial charge is 0.370 e. The highest BCUT2D eigenvalue weighted by atomic mass is 127. The number of nitrogens with one attached hydrogen (secondary N) is 1. The van der Waals surface area contributed by atoms with Gasteiger partial charge in [0.15, 0.2) is 11.1 Å². The molecule has 0 aliphatic carbocycles. The van der Waals surface area contributed by atoms with E-state index in [0.29, 0.717) is 28.5 Å². The summed E-state index contributed by atoms with van der Waals surface area (Å²) < 4.78 is 2.20. The van der Waals surface area contributed by atoms with E-state index in [1.807, 2.05) is 25.3 Å². The molecule has 162 valence electrons. The maximum Gasteiger partial charge on any atom is 0.190 e. The van der Waals surface area contributed by atoms with E-state index in [4.69, 9.17) is 28.9 Å². The average Bonchev–Trinajstić information content (AvgIpc) is 2.99. The predicted molar refractivity (Wildman–Crippen MR) is 135 cm³/mol. The Bertz CT molecular complexity index is 812. The second-order valence-corrected chi connectivity index (χ2v) is 8.63. The molecule has 0 aliphatic heterocycles. The van der Waals surface area contributed by atoms with Gasteiger partial charge in [-0.1, -0.05) is 54.9 Å². The highest BCUT2D eigenvalue weighted by molar-refractivity contribution is 14.0. The lowest BCUT2D eigenvalue weighted by Crippen LogP contribution is -2.34. The van der Waals surface area contributed by atoms with Crippen LogP contribution in [0.15, 0.2) is 28.3 Å². The van der Waals surface area contributed by atoms with Crippen LogP contribution in [-0.2, 0) is 13.0 Å². The maximum atomic E-state index is 6.25. The number of benzene rings is 1. The Morgan fingerprint density at radius 1 is 1.28 bits per heavy atom. The first-order valence-electron chi connectivity index (χ1n) is 9.29. The van der Waals surface area contributed by atoms with Gasteiger partial charge in [0.05, 0.1) is 6.04 Å². The third-order valence-electron chi connectivity index (χ3n) is 4.16. The molecule has 0 saturated heterocycles. The van der Waals surface area contributed by atoms with Crippen LogP contribution in [-0.4, -0.2) is 33.5 Å². The number of nitrogens with zero attached hydrogens (tertiary/aromatic N) is 4. The normalized spacial score (nSPS) is 12.7. The smallest absolute Gasteiger partial charge is 0.190 e. The highest BCUT2D eigenvalue weighted by Gasteiger charge is 2.13. The van der Waals surface area contributed by atoms with Crippen LogP contribution in [0.2, 0.25) is 10.0 Å². The van der Waals surface area contributed by atoms with Gasteiger partial charge in [-0.3, -0.25) is 4.99 Å². The molecule has 1 heterocycles. The number of aromatic nitrogens is 3. The zero-order valence-corrected chi connectivity index (χ0v) is 21.8. The number of rotatable bonds is 9. The average molecular weight is 571 g/mol. The molecule has 0 radical (unpaired) electrons. The van der Waals surface area contributed by atoms with Crippen LogP contribution in [0.5, 0.6) is 0 Å². The number of thioether (sulfide) groups is 1. The summed E-state index contributed by atoms with van der Waals surface area (Å²) in [6.07, 6.45) is 3.69. The van der Waals surface area contributed by atoms with Crippen LogP contribution in [0.1, 0.15) is 44.6 Å². The van der Waals surface area contributed by atoms with Gasteiger partial charge in [0, 0.05) is 29.6 Å². The Labute approximate surface area is 204 Å². The van der Waals surface area contributed by atoms with Crippen LogP contribution in [0.25, 0.3) is 0 Å². The van der Waals surface area contributed by atoms with Gasteiger partial charge in [0.25, 0.3) is 0 Å². The van der Waals surface area contributed by atoms with Crippen molar-refractivity contribution in [2.75, 3.05) is 12.8 Å². The molecule has 0 fully saturated rings. The van der Waals surface area contributed by atoms with E-state index in [-0.39, 0.29) is 30.0 Å². The first-order valence-corrected chi connectivity index (χ1v) is 11.3. The molecule has 0 aliphatic rings.